The maximum absolute atomic E-state index is 12.6. The van der Waals surface area contributed by atoms with Crippen LogP contribution in [0.2, 0.25) is 0 Å². The van der Waals surface area contributed by atoms with Gasteiger partial charge in [-0.25, -0.2) is 0 Å². The van der Waals surface area contributed by atoms with Crippen molar-refractivity contribution in [1.82, 2.24) is 24.9 Å². The highest BCUT2D eigenvalue weighted by Gasteiger charge is 2.53. The fraction of sp³-hybridized carbons (Fsp3) is 0.333. The van der Waals surface area contributed by atoms with Crippen molar-refractivity contribution < 1.29 is 9.32 Å². The van der Waals surface area contributed by atoms with Gasteiger partial charge < -0.3 is 9.42 Å². The third kappa shape index (κ3) is 2.88. The van der Waals surface area contributed by atoms with E-state index in [1.54, 1.807) is 12.3 Å². The second-order valence-corrected chi connectivity index (χ2v) is 7.83. The van der Waals surface area contributed by atoms with Crippen LogP contribution in [-0.2, 0) is 0 Å². The molecule has 5 rings (SSSR count). The monoisotopic (exact) mass is 375 g/mol. The van der Waals surface area contributed by atoms with E-state index in [0.29, 0.717) is 17.4 Å². The summed E-state index contributed by atoms with van der Waals surface area (Å²) < 4.78 is 5.49. The third-order valence-electron chi connectivity index (χ3n) is 5.73. The van der Waals surface area contributed by atoms with Gasteiger partial charge in [0.15, 0.2) is 5.82 Å². The fourth-order valence-electron chi connectivity index (χ4n) is 4.41. The highest BCUT2D eigenvalue weighted by Crippen LogP contribution is 2.47. The summed E-state index contributed by atoms with van der Waals surface area (Å²) in [7, 11) is 2.08. The maximum Gasteiger partial charge on any atom is 0.272 e. The van der Waals surface area contributed by atoms with Crippen molar-refractivity contribution >= 4 is 5.91 Å². The average molecular weight is 375 g/mol. The first-order valence-electron chi connectivity index (χ1n) is 9.43. The Kier molecular flexibility index (Phi) is 3.98. The second-order valence-electron chi connectivity index (χ2n) is 7.83. The van der Waals surface area contributed by atoms with Gasteiger partial charge in [-0.15, -0.1) is 0 Å². The SMILES string of the molecule is CN1CC2(CC1c1noc(-c3ccccc3)n1)CN(C(=O)c1ccccn1)C2. The number of rotatable bonds is 3. The lowest BCUT2D eigenvalue weighted by molar-refractivity contribution is 0.0110. The van der Waals surface area contributed by atoms with Crippen LogP contribution in [-0.4, -0.2) is 57.5 Å². The van der Waals surface area contributed by atoms with Gasteiger partial charge in [-0.1, -0.05) is 29.4 Å². The normalized spacial score (nSPS) is 21.0. The van der Waals surface area contributed by atoms with Crippen molar-refractivity contribution in [2.45, 2.75) is 12.5 Å². The van der Waals surface area contributed by atoms with Gasteiger partial charge in [-0.2, -0.15) is 4.98 Å². The van der Waals surface area contributed by atoms with Crippen LogP contribution in [0.4, 0.5) is 0 Å². The van der Waals surface area contributed by atoms with Gasteiger partial charge in [-0.05, 0) is 37.7 Å². The molecule has 142 valence electrons. The van der Waals surface area contributed by atoms with Gasteiger partial charge in [0.1, 0.15) is 5.69 Å². The standard InChI is InChI=1S/C21H21N5O2/c1-25-12-21(13-26(14-21)20(27)16-9-5-6-10-22-16)11-17(25)18-23-19(28-24-18)15-7-3-2-4-8-15/h2-10,17H,11-14H2,1H3. The van der Waals surface area contributed by atoms with E-state index in [1.165, 1.54) is 0 Å². The van der Waals surface area contributed by atoms with Crippen molar-refractivity contribution in [3.8, 4) is 11.5 Å². The second kappa shape index (κ2) is 6.53. The van der Waals surface area contributed by atoms with E-state index in [4.69, 9.17) is 4.52 Å². The zero-order valence-electron chi connectivity index (χ0n) is 15.7. The average Bonchev–Trinajstić information content (AvgIpc) is 3.32. The van der Waals surface area contributed by atoms with Crippen molar-refractivity contribution in [2.75, 3.05) is 26.7 Å². The smallest absolute Gasteiger partial charge is 0.272 e. The summed E-state index contributed by atoms with van der Waals surface area (Å²) >= 11 is 0. The summed E-state index contributed by atoms with van der Waals surface area (Å²) in [5, 5.41) is 4.23. The Balaban J connectivity index is 1.28. The molecular formula is C21H21N5O2. The Bertz CT molecular complexity index is 982. The minimum absolute atomic E-state index is 0.00301. The molecule has 7 nitrogen and oxygen atoms in total. The molecule has 1 unspecified atom stereocenters. The third-order valence-corrected chi connectivity index (χ3v) is 5.73. The Labute approximate surface area is 163 Å². The van der Waals surface area contributed by atoms with E-state index in [-0.39, 0.29) is 17.4 Å². The highest BCUT2D eigenvalue weighted by molar-refractivity contribution is 5.92. The van der Waals surface area contributed by atoms with Crippen LogP contribution in [0.25, 0.3) is 11.5 Å². The fourth-order valence-corrected chi connectivity index (χ4v) is 4.41. The molecule has 28 heavy (non-hydrogen) atoms. The highest BCUT2D eigenvalue weighted by atomic mass is 16.5. The van der Waals surface area contributed by atoms with Gasteiger partial charge in [0.05, 0.1) is 6.04 Å². The van der Waals surface area contributed by atoms with Crippen LogP contribution in [0.1, 0.15) is 28.8 Å². The van der Waals surface area contributed by atoms with Crippen LogP contribution in [0.15, 0.2) is 59.3 Å². The summed E-state index contributed by atoms with van der Waals surface area (Å²) in [5.74, 6) is 1.27. The van der Waals surface area contributed by atoms with Crippen LogP contribution < -0.4 is 0 Å². The topological polar surface area (TPSA) is 75.4 Å². The first kappa shape index (κ1) is 17.1. The molecule has 1 amide bonds. The number of pyridine rings is 1. The molecule has 2 aromatic heterocycles. The van der Waals surface area contributed by atoms with Gasteiger partial charge in [0, 0.05) is 36.8 Å². The molecule has 2 saturated heterocycles. The summed E-state index contributed by atoms with van der Waals surface area (Å²) in [5.41, 5.74) is 1.52. The van der Waals surface area contributed by atoms with Gasteiger partial charge in [-0.3, -0.25) is 14.7 Å². The van der Waals surface area contributed by atoms with Gasteiger partial charge in [0.2, 0.25) is 0 Å². The Hall–Kier alpha value is -3.06. The molecule has 4 heterocycles. The maximum atomic E-state index is 12.6. The van der Waals surface area contributed by atoms with Crippen molar-refractivity contribution in [1.29, 1.82) is 0 Å². The molecule has 0 N–H and O–H groups in total. The van der Waals surface area contributed by atoms with E-state index in [9.17, 15) is 4.79 Å². The van der Waals surface area contributed by atoms with Crippen molar-refractivity contribution in [2.24, 2.45) is 5.41 Å². The number of likely N-dealkylation sites (tertiary alicyclic amines) is 2. The van der Waals surface area contributed by atoms with E-state index in [1.807, 2.05) is 47.4 Å². The lowest BCUT2D eigenvalue weighted by atomic mass is 9.77. The molecule has 2 aliphatic rings. The summed E-state index contributed by atoms with van der Waals surface area (Å²) in [6.45, 7) is 2.40. The predicted octanol–water partition coefficient (Wildman–Crippen LogP) is 2.65. The summed E-state index contributed by atoms with van der Waals surface area (Å²) in [6, 6.07) is 15.3. The quantitative estimate of drug-likeness (QED) is 0.701. The number of nitrogens with zero attached hydrogens (tertiary/aromatic N) is 5. The number of carbonyl (C=O) groups is 1. The zero-order chi connectivity index (χ0) is 19.1. The molecule has 0 saturated carbocycles. The predicted molar refractivity (Wildman–Crippen MR) is 102 cm³/mol. The van der Waals surface area contributed by atoms with Crippen molar-refractivity contribution in [3.05, 3.63) is 66.2 Å². The van der Waals surface area contributed by atoms with E-state index < -0.39 is 0 Å². The first-order chi connectivity index (χ1) is 13.6. The lowest BCUT2D eigenvalue weighted by Gasteiger charge is -2.47. The molecule has 2 aliphatic heterocycles. The minimum atomic E-state index is 0.00301. The molecule has 1 aromatic carbocycles. The first-order valence-corrected chi connectivity index (χ1v) is 9.43. The number of benzene rings is 1. The Morgan fingerprint density at radius 1 is 1.11 bits per heavy atom. The van der Waals surface area contributed by atoms with Crippen LogP contribution >= 0.6 is 0 Å². The van der Waals surface area contributed by atoms with Crippen LogP contribution in [0.3, 0.4) is 0 Å². The number of aromatic nitrogens is 3. The Morgan fingerprint density at radius 2 is 1.89 bits per heavy atom. The summed E-state index contributed by atoms with van der Waals surface area (Å²) in [4.78, 5) is 25.5. The van der Waals surface area contributed by atoms with E-state index in [0.717, 1.165) is 31.6 Å². The molecular weight excluding hydrogens is 354 g/mol. The molecule has 1 atom stereocenters. The van der Waals surface area contributed by atoms with Crippen molar-refractivity contribution in [3.63, 3.8) is 0 Å². The van der Waals surface area contributed by atoms with Gasteiger partial charge in [0.25, 0.3) is 11.8 Å². The van der Waals surface area contributed by atoms with Crippen LogP contribution in [0, 0.1) is 5.41 Å². The van der Waals surface area contributed by atoms with E-state index in [2.05, 4.69) is 27.1 Å². The molecule has 0 radical (unpaired) electrons. The zero-order valence-corrected chi connectivity index (χ0v) is 15.7. The molecule has 2 fully saturated rings. The molecule has 3 aromatic rings. The van der Waals surface area contributed by atoms with Crippen LogP contribution in [0.5, 0.6) is 0 Å². The number of amides is 1. The molecule has 7 heteroatoms. The molecule has 1 spiro atoms. The number of carbonyl (C=O) groups excluding carboxylic acids is 1. The minimum Gasteiger partial charge on any atom is -0.336 e. The molecule has 0 aliphatic carbocycles. The lowest BCUT2D eigenvalue weighted by Crippen LogP contribution is -2.59. The molecule has 0 bridgehead atoms. The Morgan fingerprint density at radius 3 is 2.64 bits per heavy atom. The summed E-state index contributed by atoms with van der Waals surface area (Å²) in [6.07, 6.45) is 2.58. The number of hydrogen-bond acceptors (Lipinski definition) is 6. The van der Waals surface area contributed by atoms with E-state index >= 15 is 0 Å². The largest absolute Gasteiger partial charge is 0.336 e. The number of hydrogen-bond donors (Lipinski definition) is 0. The van der Waals surface area contributed by atoms with Gasteiger partial charge >= 0.3 is 0 Å².